The van der Waals surface area contributed by atoms with Gasteiger partial charge in [-0.25, -0.2) is 4.39 Å². The third-order valence-corrected chi connectivity index (χ3v) is 1.97. The Kier molecular flexibility index (Phi) is 3.50. The molecule has 0 aliphatic rings. The van der Waals surface area contributed by atoms with Crippen molar-refractivity contribution in [2.24, 2.45) is 5.73 Å². The van der Waals surface area contributed by atoms with E-state index in [0.29, 0.717) is 18.5 Å². The molecule has 3 heteroatoms. The molecule has 0 bridgehead atoms. The number of halogens is 2. The smallest absolute Gasteiger partial charge is 0.144 e. The lowest BCUT2D eigenvalue weighted by Crippen LogP contribution is -2.01. The SMILES string of the molecule is NCCCc1cccc(Cl)c1F. The van der Waals surface area contributed by atoms with Crippen LogP contribution in [0, 0.1) is 5.82 Å². The second kappa shape index (κ2) is 4.43. The average molecular weight is 188 g/mol. The van der Waals surface area contributed by atoms with E-state index in [-0.39, 0.29) is 10.8 Å². The molecule has 0 saturated heterocycles. The van der Waals surface area contributed by atoms with E-state index >= 15 is 0 Å². The van der Waals surface area contributed by atoms with Gasteiger partial charge in [0.15, 0.2) is 0 Å². The maximum atomic E-state index is 13.2. The Hall–Kier alpha value is -0.600. The molecule has 12 heavy (non-hydrogen) atoms. The molecule has 0 amide bonds. The van der Waals surface area contributed by atoms with Gasteiger partial charge in [-0.2, -0.15) is 0 Å². The van der Waals surface area contributed by atoms with Crippen LogP contribution in [0.25, 0.3) is 0 Å². The monoisotopic (exact) mass is 187 g/mol. The van der Waals surface area contributed by atoms with E-state index in [4.69, 9.17) is 17.3 Å². The van der Waals surface area contributed by atoms with Gasteiger partial charge in [-0.15, -0.1) is 0 Å². The van der Waals surface area contributed by atoms with Gasteiger partial charge in [0.05, 0.1) is 5.02 Å². The van der Waals surface area contributed by atoms with Crippen LogP contribution >= 0.6 is 11.6 Å². The number of hydrogen-bond donors (Lipinski definition) is 1. The molecule has 2 N–H and O–H groups in total. The van der Waals surface area contributed by atoms with Crippen LogP contribution in [0.2, 0.25) is 5.02 Å². The van der Waals surface area contributed by atoms with Crippen molar-refractivity contribution < 1.29 is 4.39 Å². The van der Waals surface area contributed by atoms with Crippen molar-refractivity contribution in [3.63, 3.8) is 0 Å². The van der Waals surface area contributed by atoms with Gasteiger partial charge in [0.1, 0.15) is 5.82 Å². The molecular weight excluding hydrogens is 177 g/mol. The van der Waals surface area contributed by atoms with Crippen LogP contribution in [0.5, 0.6) is 0 Å². The number of aryl methyl sites for hydroxylation is 1. The first-order valence-electron chi connectivity index (χ1n) is 3.88. The molecule has 0 atom stereocenters. The topological polar surface area (TPSA) is 26.0 Å². The van der Waals surface area contributed by atoms with E-state index in [0.717, 1.165) is 6.42 Å². The molecule has 1 aromatic rings. The van der Waals surface area contributed by atoms with Gasteiger partial charge >= 0.3 is 0 Å². The Morgan fingerprint density at radius 2 is 2.17 bits per heavy atom. The fourth-order valence-corrected chi connectivity index (χ4v) is 1.23. The summed E-state index contributed by atoms with van der Waals surface area (Å²) in [5, 5.41) is 0.185. The molecule has 0 radical (unpaired) electrons. The number of hydrogen-bond acceptors (Lipinski definition) is 1. The Morgan fingerprint density at radius 1 is 1.42 bits per heavy atom. The fraction of sp³-hybridized carbons (Fsp3) is 0.333. The minimum atomic E-state index is -0.312. The maximum absolute atomic E-state index is 13.2. The van der Waals surface area contributed by atoms with Gasteiger partial charge in [0, 0.05) is 0 Å². The molecule has 1 aromatic carbocycles. The van der Waals surface area contributed by atoms with Gasteiger partial charge in [-0.05, 0) is 31.0 Å². The first kappa shape index (κ1) is 9.49. The standard InChI is InChI=1S/C9H11ClFN/c10-8-5-1-3-7(9(8)11)4-2-6-12/h1,3,5H,2,4,6,12H2. The van der Waals surface area contributed by atoms with E-state index in [1.807, 2.05) is 0 Å². The summed E-state index contributed by atoms with van der Waals surface area (Å²) >= 11 is 5.59. The predicted molar refractivity (Wildman–Crippen MR) is 48.8 cm³/mol. The van der Waals surface area contributed by atoms with Crippen LogP contribution < -0.4 is 5.73 Å². The molecule has 0 aliphatic heterocycles. The molecule has 0 heterocycles. The Morgan fingerprint density at radius 3 is 2.83 bits per heavy atom. The van der Waals surface area contributed by atoms with Gasteiger partial charge in [-0.3, -0.25) is 0 Å². The molecule has 1 nitrogen and oxygen atoms in total. The summed E-state index contributed by atoms with van der Waals surface area (Å²) in [6.07, 6.45) is 1.44. The van der Waals surface area contributed by atoms with Crippen LogP contribution in [0.15, 0.2) is 18.2 Å². The number of nitrogens with two attached hydrogens (primary N) is 1. The highest BCUT2D eigenvalue weighted by atomic mass is 35.5. The van der Waals surface area contributed by atoms with Crippen LogP contribution in [-0.4, -0.2) is 6.54 Å². The summed E-state index contributed by atoms with van der Waals surface area (Å²) in [7, 11) is 0. The normalized spacial score (nSPS) is 10.2. The molecular formula is C9H11ClFN. The Labute approximate surface area is 76.3 Å². The van der Waals surface area contributed by atoms with Gasteiger partial charge < -0.3 is 5.73 Å². The lowest BCUT2D eigenvalue weighted by atomic mass is 10.1. The third kappa shape index (κ3) is 2.19. The summed E-state index contributed by atoms with van der Waals surface area (Å²) in [6.45, 7) is 0.575. The molecule has 66 valence electrons. The lowest BCUT2D eigenvalue weighted by Gasteiger charge is -2.02. The second-order valence-corrected chi connectivity index (χ2v) is 3.01. The third-order valence-electron chi connectivity index (χ3n) is 1.68. The zero-order valence-electron chi connectivity index (χ0n) is 6.69. The highest BCUT2D eigenvalue weighted by molar-refractivity contribution is 6.30. The van der Waals surface area contributed by atoms with Crippen LogP contribution in [0.4, 0.5) is 4.39 Å². The quantitative estimate of drug-likeness (QED) is 0.773. The zero-order chi connectivity index (χ0) is 8.97. The van der Waals surface area contributed by atoms with Crippen molar-refractivity contribution in [2.45, 2.75) is 12.8 Å². The maximum Gasteiger partial charge on any atom is 0.144 e. The molecule has 0 fully saturated rings. The van der Waals surface area contributed by atoms with Crippen molar-refractivity contribution in [2.75, 3.05) is 6.54 Å². The molecule has 0 spiro atoms. The Bertz CT molecular complexity index is 263. The van der Waals surface area contributed by atoms with E-state index in [1.54, 1.807) is 18.2 Å². The van der Waals surface area contributed by atoms with Gasteiger partial charge in [0.2, 0.25) is 0 Å². The van der Waals surface area contributed by atoms with Crippen LogP contribution in [0.3, 0.4) is 0 Å². The summed E-state index contributed by atoms with van der Waals surface area (Å²) in [5.41, 5.74) is 5.96. The largest absolute Gasteiger partial charge is 0.330 e. The van der Waals surface area contributed by atoms with Gasteiger partial charge in [0.25, 0.3) is 0 Å². The Balaban J connectivity index is 2.78. The highest BCUT2D eigenvalue weighted by Crippen LogP contribution is 2.18. The van der Waals surface area contributed by atoms with Crippen molar-refractivity contribution in [3.8, 4) is 0 Å². The molecule has 0 aromatic heterocycles. The van der Waals surface area contributed by atoms with Crippen molar-refractivity contribution >= 4 is 11.6 Å². The first-order valence-corrected chi connectivity index (χ1v) is 4.26. The number of benzene rings is 1. The van der Waals surface area contributed by atoms with E-state index in [9.17, 15) is 4.39 Å². The molecule has 1 rings (SSSR count). The van der Waals surface area contributed by atoms with Crippen molar-refractivity contribution in [1.82, 2.24) is 0 Å². The average Bonchev–Trinajstić information content (AvgIpc) is 2.08. The summed E-state index contributed by atoms with van der Waals surface area (Å²) < 4.78 is 13.2. The van der Waals surface area contributed by atoms with E-state index in [2.05, 4.69) is 0 Å². The van der Waals surface area contributed by atoms with Crippen LogP contribution in [-0.2, 0) is 6.42 Å². The zero-order valence-corrected chi connectivity index (χ0v) is 7.44. The van der Waals surface area contributed by atoms with Crippen LogP contribution in [0.1, 0.15) is 12.0 Å². The fourth-order valence-electron chi connectivity index (χ4n) is 1.03. The van der Waals surface area contributed by atoms with E-state index in [1.165, 1.54) is 0 Å². The molecule has 0 aliphatic carbocycles. The summed E-state index contributed by atoms with van der Waals surface area (Å²) in [4.78, 5) is 0. The van der Waals surface area contributed by atoms with E-state index < -0.39 is 0 Å². The van der Waals surface area contributed by atoms with Crippen molar-refractivity contribution in [1.29, 1.82) is 0 Å². The lowest BCUT2D eigenvalue weighted by molar-refractivity contribution is 0.605. The first-order chi connectivity index (χ1) is 5.75. The molecule has 0 unspecified atom stereocenters. The summed E-state index contributed by atoms with van der Waals surface area (Å²) in [6, 6.07) is 5.02. The van der Waals surface area contributed by atoms with Crippen molar-refractivity contribution in [3.05, 3.63) is 34.6 Å². The number of rotatable bonds is 3. The minimum Gasteiger partial charge on any atom is -0.330 e. The second-order valence-electron chi connectivity index (χ2n) is 2.61. The highest BCUT2D eigenvalue weighted by Gasteiger charge is 2.04. The summed E-state index contributed by atoms with van der Waals surface area (Å²) in [5.74, 6) is -0.312. The predicted octanol–water partition coefficient (Wildman–Crippen LogP) is 2.37. The van der Waals surface area contributed by atoms with Gasteiger partial charge in [-0.1, -0.05) is 23.7 Å². The molecule has 0 saturated carbocycles. The minimum absolute atomic E-state index is 0.185.